The van der Waals surface area contributed by atoms with Crippen LogP contribution in [0.1, 0.15) is 315 Å². The number of rotatable bonds is 44. The van der Waals surface area contributed by atoms with E-state index in [2.05, 4.69) is 127 Å². The number of hydrogen-bond acceptors (Lipinski definition) is 16. The molecule has 13 N–H and O–H groups in total. The molecule has 8 atom stereocenters. The van der Waals surface area contributed by atoms with Crippen molar-refractivity contribution in [1.29, 1.82) is 0 Å². The van der Waals surface area contributed by atoms with Crippen molar-refractivity contribution in [3.05, 3.63) is 134 Å². The smallest absolute Gasteiger partial charge is 0.408 e. The maximum Gasteiger partial charge on any atom is 0.408 e. The lowest BCUT2D eigenvalue weighted by Gasteiger charge is -2.29. The molecule has 8 amide bonds. The van der Waals surface area contributed by atoms with Gasteiger partial charge in [-0.3, -0.25) is 47.9 Å². The highest BCUT2D eigenvalue weighted by molar-refractivity contribution is 6.13. The third kappa shape index (κ3) is 29.2. The topological polar surface area (TPSA) is 406 Å². The van der Waals surface area contributed by atoms with Crippen LogP contribution in [-0.2, 0) is 63.8 Å². The third-order valence-corrected chi connectivity index (χ3v) is 23.7. The minimum Gasteiger partial charge on any atom is -0.481 e. The van der Waals surface area contributed by atoms with Crippen LogP contribution in [0.4, 0.5) is 4.79 Å². The average Bonchev–Trinajstić information content (AvgIpc) is 1.52. The third-order valence-electron chi connectivity index (χ3n) is 23.7. The number of carbonyl (C=O) groups excluding carboxylic acids is 10. The number of alkyl carbamates (subject to hydrolysis) is 1. The first-order valence-electron chi connectivity index (χ1n) is 46.7. The van der Waals surface area contributed by atoms with Crippen molar-refractivity contribution in [1.82, 2.24) is 62.5 Å². The van der Waals surface area contributed by atoms with Crippen LogP contribution in [0.25, 0.3) is 60.7 Å². The van der Waals surface area contributed by atoms with Gasteiger partial charge in [0.1, 0.15) is 53.4 Å². The van der Waals surface area contributed by atoms with E-state index in [-0.39, 0.29) is 107 Å². The summed E-state index contributed by atoms with van der Waals surface area (Å²) in [5, 5.41) is 34.6. The highest BCUT2D eigenvalue weighted by Gasteiger charge is 2.40. The minimum absolute atomic E-state index is 0.0235. The van der Waals surface area contributed by atoms with Crippen molar-refractivity contribution in [3.8, 4) is 0 Å². The molecule has 0 saturated carbocycles. The first-order valence-corrected chi connectivity index (χ1v) is 46.7. The number of fused-ring (bicyclic) bond motifs is 9. The summed E-state index contributed by atoms with van der Waals surface area (Å²) in [6, 6.07) is 6.29. The highest BCUT2D eigenvalue weighted by Crippen LogP contribution is 2.43. The monoisotopic (exact) mass is 1790 g/mol. The number of ketones is 1. The number of aliphatic carboxylic acids is 1. The Morgan fingerprint density at radius 3 is 1.58 bits per heavy atom. The number of amides is 8. The van der Waals surface area contributed by atoms with Gasteiger partial charge in [0.15, 0.2) is 5.78 Å². The summed E-state index contributed by atoms with van der Waals surface area (Å²) >= 11 is 0. The molecule has 7 rings (SSSR count). The SMILES string of the molecule is CC/C=C(\C)C1=C(C)c2nc1c(C)c1[nH]c(cc3nc(c(C)c4[nH]c(c2C)c(/C(C)=C/CC)c4C)C(C)=C3CCC(=O)O)c(CCC(=O)NCCCC[C@H](NC(=O)[C@H](CC(C)C)NC(=O)[C@H](CC(C)C)NC(=O)OC(C)(C)C)C(=O)N[C@@H](C)C(=O)N[C@@H](CC(C)C)C(=O)N[C@@H](CC(C)C)C(=O)C(C(=O)NCCCC[C@H](N)C(=O)OC(C)(C)C)c2cccc3ccccc23)c1C. The number of ether oxygens (including phenoxy) is 2. The number of carboxylic acids is 1. The molecule has 1 unspecified atom stereocenters. The minimum atomic E-state index is -1.40. The van der Waals surface area contributed by atoms with Crippen molar-refractivity contribution in [3.63, 3.8) is 0 Å². The second kappa shape index (κ2) is 47.6. The van der Waals surface area contributed by atoms with E-state index in [1.165, 1.54) is 6.92 Å². The Hall–Kier alpha value is -11.1. The lowest BCUT2D eigenvalue weighted by molar-refractivity contribution is -0.156. The summed E-state index contributed by atoms with van der Waals surface area (Å²) in [5.74, 6) is -8.61. The van der Waals surface area contributed by atoms with Crippen LogP contribution in [0.15, 0.2) is 66.3 Å². The number of aromatic nitrogens is 4. The Kier molecular flexibility index (Phi) is 38.8. The lowest BCUT2D eigenvalue weighted by atomic mass is 9.84. The predicted octanol–water partition coefficient (Wildman–Crippen LogP) is 17.0. The number of aromatic amines is 2. The molecule has 130 heavy (non-hydrogen) atoms. The molecule has 2 aliphatic heterocycles. The Morgan fingerprint density at radius 1 is 0.500 bits per heavy atom. The molecule has 0 radical (unpaired) electrons. The molecule has 8 bridgehead atoms. The van der Waals surface area contributed by atoms with Gasteiger partial charge in [-0.05, 0) is 308 Å². The van der Waals surface area contributed by atoms with Crippen LogP contribution in [0.3, 0.4) is 0 Å². The van der Waals surface area contributed by atoms with Gasteiger partial charge in [0.05, 0.1) is 34.3 Å². The quantitative estimate of drug-likeness (QED) is 0.00979. The normalized spacial score (nSPS) is 14.6. The molecule has 710 valence electrons. The molecule has 27 nitrogen and oxygen atoms in total. The van der Waals surface area contributed by atoms with Crippen molar-refractivity contribution in [2.24, 2.45) is 29.4 Å². The second-order valence-corrected chi connectivity index (χ2v) is 39.0. The van der Waals surface area contributed by atoms with Crippen LogP contribution >= 0.6 is 0 Å². The highest BCUT2D eigenvalue weighted by atomic mass is 16.6. The fourth-order valence-electron chi connectivity index (χ4n) is 17.3. The first-order chi connectivity index (χ1) is 61.0. The van der Waals surface area contributed by atoms with Gasteiger partial charge >= 0.3 is 18.0 Å². The number of Topliss-reactive ketones (excluding diaryl/α,β-unsaturated/α-hetero) is 1. The van der Waals surface area contributed by atoms with E-state index in [4.69, 9.17) is 25.2 Å². The first kappa shape index (κ1) is 106. The number of nitrogens with one attached hydrogen (secondary N) is 10. The number of allylic oxidation sites excluding steroid dienone is 8. The molecular formula is C103H149N13O14. The number of unbranched alkanes of at least 4 members (excludes halogenated alkanes) is 2. The molecule has 5 heterocycles. The summed E-state index contributed by atoms with van der Waals surface area (Å²) < 4.78 is 11.0. The second-order valence-electron chi connectivity index (χ2n) is 39.0. The molecule has 0 saturated heterocycles. The zero-order valence-corrected chi connectivity index (χ0v) is 82.2. The molecule has 5 aromatic rings. The lowest BCUT2D eigenvalue weighted by Crippen LogP contribution is -2.59. The molecule has 0 aliphatic carbocycles. The Bertz CT molecular complexity index is 5290. The number of benzene rings is 2. The number of H-pyrrole nitrogens is 2. The molecule has 3 aromatic heterocycles. The number of carbonyl (C=O) groups is 11. The standard InChI is InChI=1S/C103H149N13O14/c1-27-36-59(11)84-63(15)89-65(17)87-62(14)71(45-47-83(118)119)77(108-87)54-76-70(61(13)88(109-76)66(18)91-85(60(12)37-28-2)64(16)90(116-91)67(19)92(84)115-89)44-46-82(117)105-48-34-32-43-75(110-96(123)80(52-57(7)8)113-98(125)81(53-58(9)10)114-101(128)130-103(24,25)26)95(122)107-68(20)94(121)112-79(51-56(5)6)97(124)111-78(50-55(3)4)93(120)86(73-41-35-39-69-38-29-30-40-72(69)73)99(126)106-49-33-31-42-74(104)100(127)129-102(21,22)23/h29-30,35-41,54-58,68,74-75,78-81,86,109,115H,27-28,31-34,42-53,104H2,1-26H3,(H,105,117)(H,106,126)(H,107,122)(H,110,123)(H,111,124)(H,112,121)(H,113,125)(H,114,128)(H,118,119)/b59-36+,60-37+,76-54?,77-54?,87-65?,88-66?,89-65?,90-67?,91-66?,92-67?/t68-,74-,75-,78-,79-,80-,81-,86?/m0/s1. The van der Waals surface area contributed by atoms with Gasteiger partial charge < -0.3 is 72.8 Å². The fraction of sp³-hybridized carbons (Fsp3) is 0.563. The predicted molar refractivity (Wildman–Crippen MR) is 518 cm³/mol. The van der Waals surface area contributed by atoms with Crippen molar-refractivity contribution < 1.29 is 67.3 Å². The van der Waals surface area contributed by atoms with E-state index in [1.807, 2.05) is 106 Å². The van der Waals surface area contributed by atoms with Gasteiger partial charge in [0, 0.05) is 53.6 Å². The van der Waals surface area contributed by atoms with Gasteiger partial charge in [-0.15, -0.1) is 0 Å². The zero-order chi connectivity index (χ0) is 96.8. The molecule has 0 spiro atoms. The number of nitrogens with two attached hydrogens (primary N) is 1. The van der Waals surface area contributed by atoms with E-state index in [0.29, 0.717) is 47.8 Å². The molecular weight excluding hydrogens is 1640 g/mol. The van der Waals surface area contributed by atoms with E-state index in [1.54, 1.807) is 53.7 Å². The fourth-order valence-corrected chi connectivity index (χ4v) is 17.3. The molecule has 2 aromatic carbocycles. The maximum absolute atomic E-state index is 15.4. The number of nitrogens with zero attached hydrogens (tertiary/aromatic N) is 2. The number of aryl methyl sites for hydroxylation is 6. The van der Waals surface area contributed by atoms with Crippen LogP contribution in [-0.4, -0.2) is 157 Å². The Morgan fingerprint density at radius 2 is 1.00 bits per heavy atom. The largest absolute Gasteiger partial charge is 0.481 e. The summed E-state index contributed by atoms with van der Waals surface area (Å²) in [6.45, 7) is 50.1. The molecule has 0 fully saturated rings. The van der Waals surface area contributed by atoms with Crippen molar-refractivity contribution in [2.75, 3.05) is 13.1 Å². The van der Waals surface area contributed by atoms with E-state index < -0.39 is 119 Å². The summed E-state index contributed by atoms with van der Waals surface area (Å²) in [4.78, 5) is 175. The number of esters is 1. The van der Waals surface area contributed by atoms with Crippen molar-refractivity contribution >= 4 is 126 Å². The Balaban J connectivity index is 1.18. The van der Waals surface area contributed by atoms with Crippen molar-refractivity contribution in [2.45, 2.75) is 342 Å². The summed E-state index contributed by atoms with van der Waals surface area (Å²) in [7, 11) is 0. The van der Waals surface area contributed by atoms with Gasteiger partial charge in [-0.1, -0.05) is 124 Å². The summed E-state index contributed by atoms with van der Waals surface area (Å²) in [5.41, 5.74) is 24.1. The van der Waals surface area contributed by atoms with Gasteiger partial charge in [-0.25, -0.2) is 14.8 Å². The number of hydrogen-bond donors (Lipinski definition) is 12. The Labute approximate surface area is 769 Å². The van der Waals surface area contributed by atoms with E-state index in [0.717, 1.165) is 124 Å². The van der Waals surface area contributed by atoms with Gasteiger partial charge in [0.25, 0.3) is 0 Å². The van der Waals surface area contributed by atoms with Crippen LogP contribution in [0.2, 0.25) is 0 Å². The summed E-state index contributed by atoms with van der Waals surface area (Å²) in [6.07, 6.45) is 7.91. The zero-order valence-electron chi connectivity index (χ0n) is 82.2. The molecule has 27 heteroatoms. The maximum atomic E-state index is 15.4. The van der Waals surface area contributed by atoms with Gasteiger partial charge in [0.2, 0.25) is 41.4 Å². The van der Waals surface area contributed by atoms with Gasteiger partial charge in [-0.2, -0.15) is 0 Å². The number of carboxylic acid groups (broad SMARTS) is 1. The van der Waals surface area contributed by atoms with E-state index >= 15 is 9.59 Å². The van der Waals surface area contributed by atoms with E-state index in [9.17, 15) is 48.3 Å². The molecule has 2 aliphatic rings. The average molecular weight is 1790 g/mol. The van der Waals surface area contributed by atoms with Crippen LogP contribution in [0, 0.1) is 58.3 Å². The van der Waals surface area contributed by atoms with Crippen LogP contribution in [0.5, 0.6) is 0 Å². The van der Waals surface area contributed by atoms with Crippen LogP contribution < -0.4 is 48.3 Å².